The molecule has 0 fully saturated rings. The fraction of sp³-hybridized carbons (Fsp3) is 0.0635. The highest BCUT2D eigenvalue weighted by molar-refractivity contribution is 6.07. The molecule has 0 saturated carbocycles. The van der Waals surface area contributed by atoms with E-state index in [2.05, 4.69) is 202 Å². The first-order valence-electron chi connectivity index (χ1n) is 22.5. The first-order valence-corrected chi connectivity index (χ1v) is 22.5. The van der Waals surface area contributed by atoms with Crippen molar-refractivity contribution in [2.45, 2.75) is 25.3 Å². The van der Waals surface area contributed by atoms with Gasteiger partial charge in [-0.15, -0.1) is 0 Å². The Morgan fingerprint density at radius 1 is 0.431 bits per heavy atom. The topological polar surface area (TPSA) is 38.4 Å². The van der Waals surface area contributed by atoms with Gasteiger partial charge in [-0.2, -0.15) is 0 Å². The van der Waals surface area contributed by atoms with E-state index in [1.54, 1.807) is 0 Å². The zero-order valence-electron chi connectivity index (χ0n) is 36.6. The maximum Gasteiger partial charge on any atom is 0.0681 e. The van der Waals surface area contributed by atoms with E-state index in [0.717, 1.165) is 28.0 Å². The van der Waals surface area contributed by atoms with Gasteiger partial charge in [-0.25, -0.2) is 0 Å². The predicted molar refractivity (Wildman–Crippen MR) is 276 cm³/mol. The van der Waals surface area contributed by atoms with Crippen molar-refractivity contribution < 1.29 is 0 Å². The maximum atomic E-state index is 6.61. The third kappa shape index (κ3) is 7.58. The van der Waals surface area contributed by atoms with E-state index in [-0.39, 0.29) is 11.5 Å². The molecule has 2 N–H and O–H groups in total. The van der Waals surface area contributed by atoms with Gasteiger partial charge in [0.05, 0.1) is 11.7 Å². The minimum atomic E-state index is -0.267. The third-order valence-corrected chi connectivity index (χ3v) is 13.4. The molecule has 0 heterocycles. The van der Waals surface area contributed by atoms with Gasteiger partial charge in [-0.1, -0.05) is 220 Å². The summed E-state index contributed by atoms with van der Waals surface area (Å²) in [5, 5.41) is 4.92. The maximum absolute atomic E-state index is 6.61. The summed E-state index contributed by atoms with van der Waals surface area (Å²) in [6, 6.07) is 80.6. The molecule has 0 spiro atoms. The molecule has 0 radical (unpaired) electrons. The van der Waals surface area contributed by atoms with E-state index < -0.39 is 0 Å². The Balaban J connectivity index is 0.833. The van der Waals surface area contributed by atoms with Gasteiger partial charge in [-0.3, -0.25) is 4.99 Å². The molecule has 65 heavy (non-hydrogen) atoms. The van der Waals surface area contributed by atoms with E-state index in [9.17, 15) is 0 Å². The van der Waals surface area contributed by atoms with Crippen LogP contribution in [-0.4, -0.2) is 6.21 Å². The van der Waals surface area contributed by atoms with Gasteiger partial charge in [0.25, 0.3) is 0 Å². The molecule has 2 heteroatoms. The molecule has 2 nitrogen and oxygen atoms in total. The van der Waals surface area contributed by atoms with Crippen molar-refractivity contribution in [1.82, 2.24) is 0 Å². The second-order valence-corrected chi connectivity index (χ2v) is 17.7. The van der Waals surface area contributed by atoms with E-state index in [1.165, 1.54) is 82.7 Å². The van der Waals surface area contributed by atoms with Crippen molar-refractivity contribution in [3.05, 3.63) is 258 Å². The normalized spacial score (nSPS) is 13.6. The molecule has 0 saturated heterocycles. The van der Waals surface area contributed by atoms with Crippen LogP contribution < -0.4 is 5.73 Å². The lowest BCUT2D eigenvalue weighted by Crippen LogP contribution is -2.14. The summed E-state index contributed by atoms with van der Waals surface area (Å²) in [7, 11) is 0. The van der Waals surface area contributed by atoms with E-state index in [4.69, 9.17) is 10.7 Å². The van der Waals surface area contributed by atoms with Crippen LogP contribution in [0, 0.1) is 0 Å². The zero-order valence-corrected chi connectivity index (χ0v) is 36.6. The molecule has 0 bridgehead atoms. The van der Waals surface area contributed by atoms with E-state index >= 15 is 0 Å². The molecule has 0 aromatic heterocycles. The van der Waals surface area contributed by atoms with Gasteiger partial charge >= 0.3 is 0 Å². The smallest absolute Gasteiger partial charge is 0.0681 e. The van der Waals surface area contributed by atoms with Crippen LogP contribution in [0.3, 0.4) is 0 Å². The van der Waals surface area contributed by atoms with E-state index in [1.807, 2.05) is 48.7 Å². The highest BCUT2D eigenvalue weighted by Gasteiger charge is 2.35. The van der Waals surface area contributed by atoms with Crippen molar-refractivity contribution in [2.75, 3.05) is 0 Å². The van der Waals surface area contributed by atoms with Crippen LogP contribution in [0.15, 0.2) is 236 Å². The van der Waals surface area contributed by atoms with Crippen molar-refractivity contribution in [1.29, 1.82) is 0 Å². The predicted octanol–water partition coefficient (Wildman–Crippen LogP) is 16.1. The molecule has 1 unspecified atom stereocenters. The minimum absolute atomic E-state index is 0.0165. The number of benzene rings is 10. The Morgan fingerprint density at radius 2 is 0.908 bits per heavy atom. The number of fused-ring (bicyclic) bond motifs is 5. The lowest BCUT2D eigenvalue weighted by Gasteiger charge is -2.22. The molecule has 1 aliphatic carbocycles. The fourth-order valence-corrected chi connectivity index (χ4v) is 9.81. The van der Waals surface area contributed by atoms with Gasteiger partial charge in [0.1, 0.15) is 0 Å². The van der Waals surface area contributed by atoms with Crippen LogP contribution in [0.1, 0.15) is 47.7 Å². The minimum Gasteiger partial charge on any atom is -0.321 e. The van der Waals surface area contributed by atoms with Crippen LogP contribution in [0.2, 0.25) is 0 Å². The first-order chi connectivity index (χ1) is 31.9. The molecular weight excluding hydrogens is 785 g/mol. The van der Waals surface area contributed by atoms with Gasteiger partial charge < -0.3 is 5.73 Å². The van der Waals surface area contributed by atoms with E-state index in [0.29, 0.717) is 0 Å². The first kappa shape index (κ1) is 39.9. The SMILES string of the molecule is CC1(C)c2ccccc2-c2ccc(-c3ccc(-c4ccc5c(-c6cccc7cc(-c8ccc(/C=N/C(=C\C(N)c9ccccc9)c9ccccc9)cc8)ccc67)cccc5c4)cc3)cc21. The molecule has 11 rings (SSSR count). The molecular formula is C63H48N2. The van der Waals surface area contributed by atoms with Gasteiger partial charge in [0.2, 0.25) is 0 Å². The second kappa shape index (κ2) is 16.7. The summed E-state index contributed by atoms with van der Waals surface area (Å²) < 4.78 is 0. The molecule has 10 aromatic rings. The van der Waals surface area contributed by atoms with Crippen LogP contribution in [0.25, 0.3) is 82.9 Å². The standard InChI is InChI=1S/C63H48N2/c1-63(2)59-22-10-9-19-57(59)58-36-33-50(39-60(58)63)45-29-27-44(28-30-45)49-32-35-54-52(38-49)18-12-21-56(54)55-20-11-17-51-37-48(31-34-53(51)55)43-25-23-42(24-26-43)41-65-62(47-15-7-4-8-16-47)40-61(64)46-13-5-3-6-14-46/h3-41,61H,64H2,1-2H3/b62-40-,65-41+. The highest BCUT2D eigenvalue weighted by Crippen LogP contribution is 2.49. The number of nitrogens with two attached hydrogens (primary N) is 1. The third-order valence-electron chi connectivity index (χ3n) is 13.4. The molecule has 0 amide bonds. The summed E-state index contributed by atoms with van der Waals surface area (Å²) in [6.07, 6.45) is 3.95. The number of rotatable bonds is 9. The summed E-state index contributed by atoms with van der Waals surface area (Å²) in [4.78, 5) is 4.94. The van der Waals surface area contributed by atoms with Crippen molar-refractivity contribution in [3.8, 4) is 55.6 Å². The number of aliphatic imine (C=N–C) groups is 1. The lowest BCUT2D eigenvalue weighted by atomic mass is 9.81. The fourth-order valence-electron chi connectivity index (χ4n) is 9.81. The van der Waals surface area contributed by atoms with Crippen LogP contribution in [-0.2, 0) is 5.41 Å². The Bertz CT molecular complexity index is 3430. The Labute approximate surface area is 381 Å². The largest absolute Gasteiger partial charge is 0.321 e. The number of hydrogen-bond donors (Lipinski definition) is 1. The summed E-state index contributed by atoms with van der Waals surface area (Å²) in [5.74, 6) is 0. The average Bonchev–Trinajstić information content (AvgIpc) is 3.60. The Morgan fingerprint density at radius 3 is 1.52 bits per heavy atom. The quantitative estimate of drug-likeness (QED) is 0.145. The Hall–Kier alpha value is -7.91. The monoisotopic (exact) mass is 832 g/mol. The summed E-state index contributed by atoms with van der Waals surface area (Å²) in [6.45, 7) is 4.69. The molecule has 0 aliphatic heterocycles. The highest BCUT2D eigenvalue weighted by atomic mass is 14.7. The molecule has 1 aliphatic rings. The van der Waals surface area contributed by atoms with Gasteiger partial charge in [0.15, 0.2) is 0 Å². The number of nitrogens with zero attached hydrogens (tertiary/aromatic N) is 1. The second-order valence-electron chi connectivity index (χ2n) is 17.7. The zero-order chi connectivity index (χ0) is 43.9. The average molecular weight is 833 g/mol. The van der Waals surface area contributed by atoms with Crippen LogP contribution >= 0.6 is 0 Å². The van der Waals surface area contributed by atoms with Crippen molar-refractivity contribution in [3.63, 3.8) is 0 Å². The molecule has 10 aromatic carbocycles. The number of hydrogen-bond acceptors (Lipinski definition) is 2. The van der Waals surface area contributed by atoms with Crippen molar-refractivity contribution >= 4 is 33.5 Å². The summed E-state index contributed by atoms with van der Waals surface area (Å²) >= 11 is 0. The molecule has 310 valence electrons. The molecule has 1 atom stereocenters. The lowest BCUT2D eigenvalue weighted by molar-refractivity contribution is 0.660. The Kier molecular flexibility index (Phi) is 10.2. The summed E-state index contributed by atoms with van der Waals surface area (Å²) in [5.41, 5.74) is 25.8. The van der Waals surface area contributed by atoms with Crippen LogP contribution in [0.5, 0.6) is 0 Å². The van der Waals surface area contributed by atoms with Crippen LogP contribution in [0.4, 0.5) is 0 Å². The van der Waals surface area contributed by atoms with Gasteiger partial charge in [-0.05, 0) is 129 Å². The van der Waals surface area contributed by atoms with Gasteiger partial charge in [0, 0.05) is 11.6 Å². The van der Waals surface area contributed by atoms with Crippen molar-refractivity contribution in [2.24, 2.45) is 10.7 Å².